The predicted molar refractivity (Wildman–Crippen MR) is 100 cm³/mol. The molecule has 4 nitrogen and oxygen atoms in total. The summed E-state index contributed by atoms with van der Waals surface area (Å²) < 4.78 is 39.2. The molecule has 0 radical (unpaired) electrons. The minimum atomic E-state index is -4.61. The lowest BCUT2D eigenvalue weighted by atomic mass is 10.0. The first-order chi connectivity index (χ1) is 13.4. The lowest BCUT2D eigenvalue weighted by molar-refractivity contribution is -0.136. The molecule has 142 valence electrons. The maximum absolute atomic E-state index is 13.1. The van der Waals surface area contributed by atoms with Gasteiger partial charge in [-0.25, -0.2) is 4.79 Å². The molecule has 3 aromatic rings. The number of carbonyl (C=O) groups is 2. The van der Waals surface area contributed by atoms with E-state index in [-0.39, 0.29) is 22.7 Å². The van der Waals surface area contributed by atoms with E-state index in [4.69, 9.17) is 0 Å². The van der Waals surface area contributed by atoms with Crippen molar-refractivity contribution in [2.75, 3.05) is 10.6 Å². The summed E-state index contributed by atoms with van der Waals surface area (Å²) in [5.41, 5.74) is -0.482. The normalized spacial score (nSPS) is 11.0. The van der Waals surface area contributed by atoms with Crippen molar-refractivity contribution in [3.63, 3.8) is 0 Å². The molecule has 2 N–H and O–H groups in total. The number of benzene rings is 3. The lowest BCUT2D eigenvalue weighted by Gasteiger charge is -2.15. The van der Waals surface area contributed by atoms with Crippen molar-refractivity contribution in [1.29, 1.82) is 0 Å². The summed E-state index contributed by atoms with van der Waals surface area (Å²) in [4.78, 5) is 24.9. The molecule has 0 aliphatic rings. The Morgan fingerprint density at radius 3 is 1.89 bits per heavy atom. The van der Waals surface area contributed by atoms with Crippen LogP contribution in [0.2, 0.25) is 0 Å². The Bertz CT molecular complexity index is 1000. The number of alkyl halides is 3. The molecule has 0 saturated carbocycles. The predicted octanol–water partition coefficient (Wildman–Crippen LogP) is 5.58. The van der Waals surface area contributed by atoms with Crippen molar-refractivity contribution in [1.82, 2.24) is 0 Å². The SMILES string of the molecule is O=C(Nc1ccccc1C(=O)c1ccccc1)Nc1ccccc1C(F)(F)F. The summed E-state index contributed by atoms with van der Waals surface area (Å²) in [5, 5.41) is 4.64. The third kappa shape index (κ3) is 4.37. The highest BCUT2D eigenvalue weighted by atomic mass is 19.4. The van der Waals surface area contributed by atoms with Gasteiger partial charge < -0.3 is 10.6 Å². The molecule has 7 heteroatoms. The molecule has 0 aliphatic carbocycles. The number of rotatable bonds is 4. The summed E-state index contributed by atoms with van der Waals surface area (Å²) in [7, 11) is 0. The molecule has 28 heavy (non-hydrogen) atoms. The zero-order valence-electron chi connectivity index (χ0n) is 14.5. The van der Waals surface area contributed by atoms with Gasteiger partial charge in [-0.05, 0) is 24.3 Å². The van der Waals surface area contributed by atoms with E-state index in [0.717, 1.165) is 12.1 Å². The average molecular weight is 384 g/mol. The highest BCUT2D eigenvalue weighted by molar-refractivity contribution is 6.14. The average Bonchev–Trinajstić information content (AvgIpc) is 2.68. The third-order valence-electron chi connectivity index (χ3n) is 3.94. The van der Waals surface area contributed by atoms with Gasteiger partial charge in [-0.2, -0.15) is 13.2 Å². The molecular formula is C21H15F3N2O2. The number of amides is 2. The van der Waals surface area contributed by atoms with E-state index >= 15 is 0 Å². The second kappa shape index (κ2) is 7.96. The second-order valence-corrected chi connectivity index (χ2v) is 5.86. The zero-order chi connectivity index (χ0) is 20.1. The van der Waals surface area contributed by atoms with Gasteiger partial charge in [0.2, 0.25) is 0 Å². The van der Waals surface area contributed by atoms with Gasteiger partial charge in [0.05, 0.1) is 16.9 Å². The van der Waals surface area contributed by atoms with Crippen LogP contribution in [0.3, 0.4) is 0 Å². The van der Waals surface area contributed by atoms with Crippen molar-refractivity contribution in [3.8, 4) is 0 Å². The maximum Gasteiger partial charge on any atom is 0.418 e. The number of nitrogens with one attached hydrogen (secondary N) is 2. The Morgan fingerprint density at radius 2 is 1.21 bits per heavy atom. The van der Waals surface area contributed by atoms with Crippen molar-refractivity contribution < 1.29 is 22.8 Å². The molecule has 3 rings (SSSR count). The van der Waals surface area contributed by atoms with Crippen LogP contribution in [0.15, 0.2) is 78.9 Å². The van der Waals surface area contributed by atoms with Crippen LogP contribution in [-0.4, -0.2) is 11.8 Å². The molecule has 0 atom stereocenters. The largest absolute Gasteiger partial charge is 0.418 e. The number of urea groups is 1. The third-order valence-corrected chi connectivity index (χ3v) is 3.94. The van der Waals surface area contributed by atoms with Gasteiger partial charge in [-0.15, -0.1) is 0 Å². The fourth-order valence-corrected chi connectivity index (χ4v) is 2.65. The van der Waals surface area contributed by atoms with Crippen LogP contribution < -0.4 is 10.6 Å². The van der Waals surface area contributed by atoms with Crippen LogP contribution in [0.25, 0.3) is 0 Å². The molecule has 0 aliphatic heterocycles. The zero-order valence-corrected chi connectivity index (χ0v) is 14.5. The standard InChI is InChI=1S/C21H15F3N2O2/c22-21(23,24)16-11-5-7-13-18(16)26-20(28)25-17-12-6-4-10-15(17)19(27)14-8-2-1-3-9-14/h1-13H,(H2,25,26,28). The van der Waals surface area contributed by atoms with Crippen molar-refractivity contribution in [2.45, 2.75) is 6.18 Å². The first-order valence-electron chi connectivity index (χ1n) is 8.29. The molecule has 0 bridgehead atoms. The van der Waals surface area contributed by atoms with Gasteiger partial charge in [0.25, 0.3) is 0 Å². The van der Waals surface area contributed by atoms with Gasteiger partial charge in [0.15, 0.2) is 5.78 Å². The Kier molecular flexibility index (Phi) is 5.44. The molecule has 0 spiro atoms. The topological polar surface area (TPSA) is 58.2 Å². The number of ketones is 1. The molecule has 3 aromatic carbocycles. The number of hydrogen-bond donors (Lipinski definition) is 2. The van der Waals surface area contributed by atoms with Crippen LogP contribution in [0.1, 0.15) is 21.5 Å². The highest BCUT2D eigenvalue weighted by Gasteiger charge is 2.33. The Balaban J connectivity index is 1.82. The van der Waals surface area contributed by atoms with Crippen molar-refractivity contribution in [2.24, 2.45) is 0 Å². The fourth-order valence-electron chi connectivity index (χ4n) is 2.65. The molecule has 0 unspecified atom stereocenters. The Morgan fingerprint density at radius 1 is 0.679 bits per heavy atom. The van der Waals surface area contributed by atoms with Gasteiger partial charge in [0, 0.05) is 11.1 Å². The van der Waals surface area contributed by atoms with E-state index in [1.807, 2.05) is 0 Å². The van der Waals surface area contributed by atoms with Crippen LogP contribution in [0.4, 0.5) is 29.3 Å². The van der Waals surface area contributed by atoms with Crippen LogP contribution >= 0.6 is 0 Å². The van der Waals surface area contributed by atoms with E-state index in [0.29, 0.717) is 5.56 Å². The Hall–Kier alpha value is -3.61. The molecule has 0 aromatic heterocycles. The van der Waals surface area contributed by atoms with Gasteiger partial charge >= 0.3 is 12.2 Å². The molecular weight excluding hydrogens is 369 g/mol. The van der Waals surface area contributed by atoms with E-state index in [9.17, 15) is 22.8 Å². The summed E-state index contributed by atoms with van der Waals surface area (Å²) in [6.07, 6.45) is -4.61. The van der Waals surface area contributed by atoms with Crippen molar-refractivity contribution in [3.05, 3.63) is 95.6 Å². The Labute approximate surface area is 159 Å². The number of halogens is 3. The smallest absolute Gasteiger partial charge is 0.307 e. The van der Waals surface area contributed by atoms with Crippen LogP contribution in [0.5, 0.6) is 0 Å². The van der Waals surface area contributed by atoms with Gasteiger partial charge in [-0.1, -0.05) is 54.6 Å². The van der Waals surface area contributed by atoms with E-state index in [1.165, 1.54) is 24.3 Å². The molecule has 0 saturated heterocycles. The quantitative estimate of drug-likeness (QED) is 0.577. The lowest BCUT2D eigenvalue weighted by Crippen LogP contribution is -2.23. The van der Waals surface area contributed by atoms with Crippen molar-refractivity contribution >= 4 is 23.2 Å². The second-order valence-electron chi connectivity index (χ2n) is 5.86. The summed E-state index contributed by atoms with van der Waals surface area (Å²) in [6.45, 7) is 0. The molecule has 0 fully saturated rings. The number of para-hydroxylation sites is 2. The van der Waals surface area contributed by atoms with Gasteiger partial charge in [0.1, 0.15) is 0 Å². The first kappa shape index (κ1) is 19.2. The molecule has 2 amide bonds. The van der Waals surface area contributed by atoms with E-state index in [1.54, 1.807) is 42.5 Å². The number of anilines is 2. The van der Waals surface area contributed by atoms with E-state index in [2.05, 4.69) is 10.6 Å². The summed E-state index contributed by atoms with van der Waals surface area (Å²) in [5.74, 6) is -0.313. The fraction of sp³-hybridized carbons (Fsp3) is 0.0476. The number of hydrogen-bond acceptors (Lipinski definition) is 2. The summed E-state index contributed by atoms with van der Waals surface area (Å²) >= 11 is 0. The maximum atomic E-state index is 13.1. The minimum absolute atomic E-state index is 0.193. The highest BCUT2D eigenvalue weighted by Crippen LogP contribution is 2.34. The minimum Gasteiger partial charge on any atom is -0.307 e. The van der Waals surface area contributed by atoms with E-state index < -0.39 is 17.8 Å². The van der Waals surface area contributed by atoms with Crippen LogP contribution in [-0.2, 0) is 6.18 Å². The summed E-state index contributed by atoms with van der Waals surface area (Å²) in [6, 6.07) is 18.5. The number of carbonyl (C=O) groups excluding carboxylic acids is 2. The van der Waals surface area contributed by atoms with Gasteiger partial charge in [-0.3, -0.25) is 4.79 Å². The monoisotopic (exact) mass is 384 g/mol. The first-order valence-corrected chi connectivity index (χ1v) is 8.29. The van der Waals surface area contributed by atoms with Crippen LogP contribution in [0, 0.1) is 0 Å². The molecule has 0 heterocycles.